The monoisotopic (exact) mass is 292 g/mol. The molecule has 0 spiro atoms. The first kappa shape index (κ1) is 12.3. The summed E-state index contributed by atoms with van der Waals surface area (Å²) in [6, 6.07) is 10.6. The van der Waals surface area contributed by atoms with Crippen LogP contribution in [0.4, 0.5) is 17.1 Å². The topological polar surface area (TPSA) is 46.4 Å². The Bertz CT molecular complexity index is 690. The Balaban J connectivity index is 2.13. The van der Waals surface area contributed by atoms with E-state index in [9.17, 15) is 10.1 Å². The number of hydrogen-bond donors (Lipinski definition) is 0. The van der Waals surface area contributed by atoms with Gasteiger partial charge in [-0.1, -0.05) is 23.4 Å². The number of halogens is 1. The van der Waals surface area contributed by atoms with Crippen LogP contribution in [0.5, 0.6) is 0 Å². The first-order valence-electron chi connectivity index (χ1n) is 5.56. The highest BCUT2D eigenvalue weighted by molar-refractivity contribution is 7.99. The Morgan fingerprint density at radius 3 is 2.47 bits per heavy atom. The molecule has 0 unspecified atom stereocenters. The van der Waals surface area contributed by atoms with Gasteiger partial charge in [0.05, 0.1) is 16.3 Å². The second kappa shape index (κ2) is 4.43. The molecule has 1 aliphatic rings. The fourth-order valence-corrected chi connectivity index (χ4v) is 3.53. The average Bonchev–Trinajstić information content (AvgIpc) is 2.37. The minimum Gasteiger partial charge on any atom is -0.343 e. The number of nitrogens with zero attached hydrogens (tertiary/aromatic N) is 2. The van der Waals surface area contributed by atoms with Crippen LogP contribution in [0.2, 0.25) is 5.02 Å². The van der Waals surface area contributed by atoms with Crippen LogP contribution in [0, 0.1) is 10.1 Å². The molecule has 0 aliphatic carbocycles. The van der Waals surface area contributed by atoms with Gasteiger partial charge in [-0.15, -0.1) is 0 Å². The van der Waals surface area contributed by atoms with Crippen molar-refractivity contribution in [3.63, 3.8) is 0 Å². The predicted molar refractivity (Wildman–Crippen MR) is 76.7 cm³/mol. The summed E-state index contributed by atoms with van der Waals surface area (Å²) in [5.41, 5.74) is 2.12. The summed E-state index contributed by atoms with van der Waals surface area (Å²) in [6.45, 7) is 0. The maximum absolute atomic E-state index is 10.8. The van der Waals surface area contributed by atoms with Crippen LogP contribution in [0.3, 0.4) is 0 Å². The second-order valence-corrected chi connectivity index (χ2v) is 5.70. The Kier molecular flexibility index (Phi) is 2.88. The van der Waals surface area contributed by atoms with Gasteiger partial charge in [-0.25, -0.2) is 0 Å². The molecule has 0 saturated carbocycles. The summed E-state index contributed by atoms with van der Waals surface area (Å²) >= 11 is 7.49. The van der Waals surface area contributed by atoms with E-state index in [0.717, 1.165) is 21.2 Å². The second-order valence-electron chi connectivity index (χ2n) is 4.18. The van der Waals surface area contributed by atoms with E-state index in [-0.39, 0.29) is 10.6 Å². The number of fused-ring (bicyclic) bond motifs is 2. The molecule has 2 aromatic carbocycles. The van der Waals surface area contributed by atoms with Gasteiger partial charge in [-0.3, -0.25) is 10.1 Å². The van der Waals surface area contributed by atoms with Gasteiger partial charge in [-0.05, 0) is 24.3 Å². The summed E-state index contributed by atoms with van der Waals surface area (Å²) in [5, 5.41) is 11.5. The van der Waals surface area contributed by atoms with Gasteiger partial charge >= 0.3 is 0 Å². The molecule has 3 rings (SSSR count). The van der Waals surface area contributed by atoms with E-state index in [1.807, 2.05) is 30.1 Å². The molecule has 4 nitrogen and oxygen atoms in total. The van der Waals surface area contributed by atoms with Crippen molar-refractivity contribution in [3.05, 3.63) is 51.5 Å². The lowest BCUT2D eigenvalue weighted by Crippen LogP contribution is -2.14. The Hall–Kier alpha value is -1.72. The smallest absolute Gasteiger partial charge is 0.270 e. The Labute approximate surface area is 119 Å². The highest BCUT2D eigenvalue weighted by Gasteiger charge is 2.22. The van der Waals surface area contributed by atoms with Crippen LogP contribution in [-0.4, -0.2) is 12.0 Å². The normalized spacial score (nSPS) is 12.8. The number of benzene rings is 2. The molecule has 0 atom stereocenters. The van der Waals surface area contributed by atoms with Crippen molar-refractivity contribution >= 4 is 40.4 Å². The van der Waals surface area contributed by atoms with Crippen molar-refractivity contribution in [2.24, 2.45) is 0 Å². The lowest BCUT2D eigenvalue weighted by molar-refractivity contribution is -0.385. The number of anilines is 2. The van der Waals surface area contributed by atoms with Crippen molar-refractivity contribution in [1.29, 1.82) is 0 Å². The quantitative estimate of drug-likeness (QED) is 0.574. The minimum atomic E-state index is -0.381. The van der Waals surface area contributed by atoms with Crippen molar-refractivity contribution in [3.8, 4) is 0 Å². The van der Waals surface area contributed by atoms with Crippen molar-refractivity contribution in [2.45, 2.75) is 9.79 Å². The summed E-state index contributed by atoms with van der Waals surface area (Å²) < 4.78 is 0. The fourth-order valence-electron chi connectivity index (χ4n) is 2.07. The van der Waals surface area contributed by atoms with E-state index in [1.165, 1.54) is 17.8 Å². The molecule has 0 fully saturated rings. The van der Waals surface area contributed by atoms with Crippen molar-refractivity contribution < 1.29 is 4.92 Å². The van der Waals surface area contributed by atoms with E-state index < -0.39 is 0 Å². The van der Waals surface area contributed by atoms with E-state index >= 15 is 0 Å². The highest BCUT2D eigenvalue weighted by Crippen LogP contribution is 2.48. The third-order valence-corrected chi connectivity index (χ3v) is 4.35. The molecule has 2 aromatic rings. The molecular formula is C13H9ClN2O2S. The summed E-state index contributed by atoms with van der Waals surface area (Å²) in [7, 11) is 1.94. The first-order valence-corrected chi connectivity index (χ1v) is 6.75. The van der Waals surface area contributed by atoms with Gasteiger partial charge in [0.25, 0.3) is 5.69 Å². The third kappa shape index (κ3) is 2.05. The molecule has 0 amide bonds. The molecule has 1 heterocycles. The van der Waals surface area contributed by atoms with Gasteiger partial charge in [0.1, 0.15) is 0 Å². The zero-order valence-corrected chi connectivity index (χ0v) is 11.5. The molecule has 0 bridgehead atoms. The average molecular weight is 293 g/mol. The third-order valence-electron chi connectivity index (χ3n) is 3.02. The number of nitro groups is 1. The molecule has 6 heteroatoms. The van der Waals surface area contributed by atoms with Gasteiger partial charge in [-0.2, -0.15) is 0 Å². The summed E-state index contributed by atoms with van der Waals surface area (Å²) in [5.74, 6) is 0. The molecule has 19 heavy (non-hydrogen) atoms. The van der Waals surface area contributed by atoms with Gasteiger partial charge in [0.2, 0.25) is 0 Å². The van der Waals surface area contributed by atoms with Crippen LogP contribution < -0.4 is 4.90 Å². The zero-order valence-electron chi connectivity index (χ0n) is 9.96. The van der Waals surface area contributed by atoms with E-state index in [0.29, 0.717) is 5.02 Å². The largest absolute Gasteiger partial charge is 0.343 e. The van der Waals surface area contributed by atoms with Crippen LogP contribution in [0.1, 0.15) is 0 Å². The Morgan fingerprint density at radius 1 is 1.16 bits per heavy atom. The first-order chi connectivity index (χ1) is 9.06. The molecule has 0 saturated heterocycles. The van der Waals surface area contributed by atoms with Gasteiger partial charge in [0.15, 0.2) is 0 Å². The van der Waals surface area contributed by atoms with Gasteiger partial charge < -0.3 is 4.90 Å². The predicted octanol–water partition coefficient (Wildman–Crippen LogP) is 4.48. The Morgan fingerprint density at radius 2 is 1.79 bits per heavy atom. The molecule has 0 aromatic heterocycles. The molecule has 0 radical (unpaired) electrons. The number of non-ortho nitro benzene ring substituents is 1. The van der Waals surface area contributed by atoms with Crippen LogP contribution >= 0.6 is 23.4 Å². The number of hydrogen-bond acceptors (Lipinski definition) is 4. The van der Waals surface area contributed by atoms with Crippen LogP contribution in [-0.2, 0) is 0 Å². The maximum Gasteiger partial charge on any atom is 0.270 e. The minimum absolute atomic E-state index is 0.102. The van der Waals surface area contributed by atoms with E-state index in [4.69, 9.17) is 11.6 Å². The maximum atomic E-state index is 10.8. The molecule has 1 aliphatic heterocycles. The zero-order chi connectivity index (χ0) is 13.6. The molecular weight excluding hydrogens is 284 g/mol. The van der Waals surface area contributed by atoms with Crippen LogP contribution in [0.25, 0.3) is 0 Å². The van der Waals surface area contributed by atoms with E-state index in [2.05, 4.69) is 0 Å². The summed E-state index contributed by atoms with van der Waals surface area (Å²) in [6.07, 6.45) is 0. The van der Waals surface area contributed by atoms with Crippen molar-refractivity contribution in [2.75, 3.05) is 11.9 Å². The van der Waals surface area contributed by atoms with Crippen molar-refractivity contribution in [1.82, 2.24) is 0 Å². The number of nitro benzene ring substituents is 1. The molecule has 0 N–H and O–H groups in total. The number of rotatable bonds is 1. The van der Waals surface area contributed by atoms with Gasteiger partial charge in [0, 0.05) is 34.0 Å². The summed E-state index contributed by atoms with van der Waals surface area (Å²) in [4.78, 5) is 14.3. The standard InChI is InChI=1S/C13H9ClN2O2S/c1-15-10-4-2-8(14)6-12(10)19-13-7-9(16(17)18)3-5-11(13)15/h2-7H,1H3. The molecule has 96 valence electrons. The fraction of sp³-hybridized carbons (Fsp3) is 0.0769. The van der Waals surface area contributed by atoms with Crippen LogP contribution in [0.15, 0.2) is 46.2 Å². The van der Waals surface area contributed by atoms with E-state index in [1.54, 1.807) is 12.1 Å². The lowest BCUT2D eigenvalue weighted by Gasteiger charge is -2.29. The lowest BCUT2D eigenvalue weighted by atomic mass is 10.2. The SMILES string of the molecule is CN1c2ccc(Cl)cc2Sc2cc([N+](=O)[O-])ccc21. The highest BCUT2D eigenvalue weighted by atomic mass is 35.5.